The fourth-order valence-electron chi connectivity index (χ4n) is 16.4. The molecular weight excluding hydrogens is 632 g/mol. The van der Waals surface area contributed by atoms with E-state index in [-0.39, 0.29) is 50.2 Å². The first-order valence-electron chi connectivity index (χ1n) is 19.9. The molecule has 0 unspecified atom stereocenters. The first kappa shape index (κ1) is 37.0. The Kier molecular flexibility index (Phi) is 10.5. The van der Waals surface area contributed by atoms with Crippen LogP contribution in [0.2, 0.25) is 0 Å². The van der Waals surface area contributed by atoms with Gasteiger partial charge in [-0.2, -0.15) is 0 Å². The van der Waals surface area contributed by atoms with E-state index in [2.05, 4.69) is 0 Å². The Morgan fingerprint density at radius 2 is 0.319 bits per heavy atom. The third-order valence-corrected chi connectivity index (χ3v) is 16.2. The maximum atomic E-state index is 8.21. The van der Waals surface area contributed by atoms with Crippen LogP contribution in [0.3, 0.4) is 0 Å². The van der Waals surface area contributed by atoms with Gasteiger partial charge in [0.25, 0.3) is 0 Å². The molecule has 16 saturated carbocycles. The van der Waals surface area contributed by atoms with Crippen molar-refractivity contribution < 1.29 is 28.0 Å². The van der Waals surface area contributed by atoms with Crippen molar-refractivity contribution in [2.45, 2.75) is 176 Å². The summed E-state index contributed by atoms with van der Waals surface area (Å²) in [6.07, 6.45) is 32.5. The quantitative estimate of drug-likeness (QED) is 0.220. The number of hydrogen-bond acceptors (Lipinski definition) is 0. The molecule has 0 aromatic rings. The summed E-state index contributed by atoms with van der Waals surface area (Å²) in [6.45, 7) is 0. The van der Waals surface area contributed by atoms with Crippen LogP contribution in [0.15, 0.2) is 0 Å². The van der Waals surface area contributed by atoms with Gasteiger partial charge in [0.15, 0.2) is 0 Å². The number of rotatable bonds is 0. The first-order valence-corrected chi connectivity index (χ1v) is 19.9. The fourth-order valence-corrected chi connectivity index (χ4v) is 16.4. The SMILES string of the molecule is O.O.[Cu+2].[NH-]C12CC3CC(CC(C3)C1)C2.[NH-]C12CC3CC(CC(C3)C1)C2.[NH-]C12CC3CC(CC(C3)C1)C2.[NH-]C12CC3CC(CC(C3)C1)C2. The summed E-state index contributed by atoms with van der Waals surface area (Å²) >= 11 is 0. The van der Waals surface area contributed by atoms with Crippen LogP contribution in [-0.2, 0) is 17.1 Å². The summed E-state index contributed by atoms with van der Waals surface area (Å²) < 4.78 is 0. The van der Waals surface area contributed by atoms with Gasteiger partial charge in [0.05, 0.1) is 0 Å². The molecule has 47 heavy (non-hydrogen) atoms. The molecule has 0 saturated heterocycles. The van der Waals surface area contributed by atoms with Gasteiger partial charge in [-0.15, -0.1) is 22.2 Å². The standard InChI is InChI=1S/4C10H16N.Cu.2H2O/c4*11-10-4-7-1-8(5-10)3-9(2-7)6-10;;;/h4*7-9,11H,1-6H2;;2*1H2/q4*-1;+2;;. The van der Waals surface area contributed by atoms with Gasteiger partial charge in [0.1, 0.15) is 0 Å². The smallest absolute Gasteiger partial charge is 0.672 e. The van der Waals surface area contributed by atoms with Gasteiger partial charge in [0.2, 0.25) is 0 Å². The predicted molar refractivity (Wildman–Crippen MR) is 188 cm³/mol. The van der Waals surface area contributed by atoms with Gasteiger partial charge >= 0.3 is 17.1 Å². The largest absolute Gasteiger partial charge is 2.00 e. The summed E-state index contributed by atoms with van der Waals surface area (Å²) in [5.41, 5.74) is 33.0. The summed E-state index contributed by atoms with van der Waals surface area (Å²) in [5, 5.41) is 0. The second-order valence-electron chi connectivity index (χ2n) is 20.8. The summed E-state index contributed by atoms with van der Waals surface area (Å²) in [6, 6.07) is 0. The van der Waals surface area contributed by atoms with Crippen molar-refractivity contribution in [2.75, 3.05) is 0 Å². The van der Waals surface area contributed by atoms with Crippen molar-refractivity contribution in [1.29, 1.82) is 0 Å². The third kappa shape index (κ3) is 7.74. The van der Waals surface area contributed by atoms with Crippen LogP contribution in [0.25, 0.3) is 22.9 Å². The first-order chi connectivity index (χ1) is 20.9. The van der Waals surface area contributed by atoms with Crippen LogP contribution >= 0.6 is 0 Å². The van der Waals surface area contributed by atoms with E-state index < -0.39 is 0 Å². The third-order valence-electron chi connectivity index (χ3n) is 16.2. The Labute approximate surface area is 297 Å². The van der Waals surface area contributed by atoms with Crippen molar-refractivity contribution >= 4 is 0 Å². The molecule has 0 heterocycles. The minimum Gasteiger partial charge on any atom is -0.672 e. The molecule has 16 fully saturated rings. The Morgan fingerprint density at radius 1 is 0.234 bits per heavy atom. The maximum absolute atomic E-state index is 8.21. The molecule has 0 atom stereocenters. The van der Waals surface area contributed by atoms with Gasteiger partial charge in [-0.1, -0.05) is 77.0 Å². The average Bonchev–Trinajstić information content (AvgIpc) is 2.84. The van der Waals surface area contributed by atoms with Crippen LogP contribution in [0.4, 0.5) is 0 Å². The zero-order valence-corrected chi connectivity index (χ0v) is 30.1. The monoisotopic (exact) mass is 699 g/mol. The fraction of sp³-hybridized carbons (Fsp3) is 1.00. The summed E-state index contributed by atoms with van der Waals surface area (Å²) in [5.74, 6) is 11.5. The molecule has 0 aromatic heterocycles. The Balaban J connectivity index is 0.000000107. The zero-order chi connectivity index (χ0) is 29.9. The van der Waals surface area contributed by atoms with Crippen LogP contribution < -0.4 is 0 Å². The molecule has 0 aromatic carbocycles. The minimum absolute atomic E-state index is 0. The van der Waals surface area contributed by atoms with E-state index >= 15 is 0 Å². The van der Waals surface area contributed by atoms with Crippen LogP contribution in [-0.4, -0.2) is 33.1 Å². The van der Waals surface area contributed by atoms with Crippen molar-refractivity contribution in [3.05, 3.63) is 22.9 Å². The van der Waals surface area contributed by atoms with E-state index in [0.29, 0.717) is 0 Å². The van der Waals surface area contributed by atoms with Gasteiger partial charge in [-0.25, -0.2) is 0 Å². The second kappa shape index (κ2) is 13.4. The van der Waals surface area contributed by atoms with E-state index in [9.17, 15) is 0 Å². The molecule has 16 rings (SSSR count). The molecule has 16 aliphatic rings. The Hall–Kier alpha value is 0.279. The van der Waals surface area contributed by atoms with E-state index in [1.54, 1.807) is 0 Å². The van der Waals surface area contributed by atoms with Crippen LogP contribution in [0, 0.1) is 71.0 Å². The average molecular weight is 701 g/mol. The van der Waals surface area contributed by atoms with Crippen LogP contribution in [0.1, 0.15) is 154 Å². The Bertz CT molecular complexity index is 787. The molecule has 273 valence electrons. The number of hydrogen-bond donors (Lipinski definition) is 0. The van der Waals surface area contributed by atoms with Crippen molar-refractivity contribution in [2.24, 2.45) is 71.0 Å². The van der Waals surface area contributed by atoms with E-state index in [4.69, 9.17) is 22.9 Å². The molecule has 7 heteroatoms. The maximum Gasteiger partial charge on any atom is 2.00 e. The molecular formula is C40H68CuN4O2-2. The second-order valence-corrected chi connectivity index (χ2v) is 20.8. The van der Waals surface area contributed by atoms with Gasteiger partial charge in [-0.05, 0) is 148 Å². The van der Waals surface area contributed by atoms with Crippen molar-refractivity contribution in [3.63, 3.8) is 0 Å². The molecule has 0 aliphatic heterocycles. The topological polar surface area (TPSA) is 158 Å². The van der Waals surface area contributed by atoms with Gasteiger partial charge in [0, 0.05) is 0 Å². The molecule has 0 amide bonds. The summed E-state index contributed by atoms with van der Waals surface area (Å²) in [7, 11) is 0. The minimum atomic E-state index is 0. The molecule has 8 N–H and O–H groups in total. The molecule has 1 radical (unpaired) electrons. The molecule has 16 bridgehead atoms. The Morgan fingerprint density at radius 3 is 0.383 bits per heavy atom. The van der Waals surface area contributed by atoms with Crippen LogP contribution in [0.5, 0.6) is 0 Å². The molecule has 16 aliphatic carbocycles. The van der Waals surface area contributed by atoms with Gasteiger partial charge < -0.3 is 33.9 Å². The van der Waals surface area contributed by atoms with E-state index in [0.717, 1.165) is 71.0 Å². The van der Waals surface area contributed by atoms with Crippen molar-refractivity contribution in [3.8, 4) is 0 Å². The summed E-state index contributed by atoms with van der Waals surface area (Å²) in [4.78, 5) is 0. The predicted octanol–water partition coefficient (Wildman–Crippen LogP) is 10.4. The van der Waals surface area contributed by atoms with E-state index in [1.807, 2.05) is 0 Å². The van der Waals surface area contributed by atoms with Gasteiger partial charge in [-0.3, -0.25) is 0 Å². The van der Waals surface area contributed by atoms with E-state index in [1.165, 1.54) is 154 Å². The molecule has 6 nitrogen and oxygen atoms in total. The number of nitrogens with one attached hydrogen (secondary N) is 4. The normalized spacial score (nSPS) is 56.4. The van der Waals surface area contributed by atoms with Crippen molar-refractivity contribution in [1.82, 2.24) is 0 Å². The molecule has 0 spiro atoms. The zero-order valence-electron chi connectivity index (χ0n) is 29.2.